The Balaban J connectivity index is 2.21. The van der Waals surface area contributed by atoms with Crippen LogP contribution in [0.15, 0.2) is 48.5 Å². The van der Waals surface area contributed by atoms with Gasteiger partial charge in [-0.25, -0.2) is 18.4 Å². The zero-order valence-electron chi connectivity index (χ0n) is 18.0. The molecule has 0 saturated carbocycles. The van der Waals surface area contributed by atoms with E-state index in [1.165, 1.54) is 7.11 Å². The predicted molar refractivity (Wildman–Crippen MR) is 113 cm³/mol. The molecule has 0 fully saturated rings. The van der Waals surface area contributed by atoms with Crippen LogP contribution in [-0.2, 0) is 16.1 Å². The number of rotatable bonds is 7. The molecule has 0 spiro atoms. The Morgan fingerprint density at radius 1 is 1.16 bits per heavy atom. The van der Waals surface area contributed by atoms with E-state index in [0.717, 1.165) is 23.8 Å². The lowest BCUT2D eigenvalue weighted by Crippen LogP contribution is -2.42. The molecule has 0 radical (unpaired) electrons. The Kier molecular flexibility index (Phi) is 6.50. The van der Waals surface area contributed by atoms with E-state index in [2.05, 4.69) is 10.1 Å². The third kappa shape index (κ3) is 4.96. The van der Waals surface area contributed by atoms with Gasteiger partial charge < -0.3 is 10.5 Å². The van der Waals surface area contributed by atoms with Crippen LogP contribution in [0.4, 0.5) is 8.78 Å². The molecule has 8 heteroatoms. The molecule has 0 saturated heterocycles. The minimum Gasteiger partial charge on any atom is -0.371 e. The molecule has 3 rings (SSSR count). The highest BCUT2D eigenvalue weighted by atomic mass is 19.1. The van der Waals surface area contributed by atoms with Crippen molar-refractivity contribution in [3.63, 3.8) is 0 Å². The van der Waals surface area contributed by atoms with Crippen LogP contribution < -0.4 is 5.73 Å². The van der Waals surface area contributed by atoms with Gasteiger partial charge in [0.05, 0.1) is 18.0 Å². The van der Waals surface area contributed by atoms with Crippen LogP contribution in [0.2, 0.25) is 0 Å². The van der Waals surface area contributed by atoms with Crippen molar-refractivity contribution in [2.45, 2.75) is 39.3 Å². The summed E-state index contributed by atoms with van der Waals surface area (Å²) in [5.41, 5.74) is 5.98. The van der Waals surface area contributed by atoms with E-state index in [-0.39, 0.29) is 11.4 Å². The molecule has 0 bridgehead atoms. The second-order valence-corrected chi connectivity index (χ2v) is 8.46. The van der Waals surface area contributed by atoms with Crippen LogP contribution in [0.3, 0.4) is 0 Å². The van der Waals surface area contributed by atoms with Gasteiger partial charge in [0.15, 0.2) is 5.82 Å². The molecule has 1 heterocycles. The lowest BCUT2D eigenvalue weighted by Gasteiger charge is -2.34. The topological polar surface area (TPSA) is 83.0 Å². The highest BCUT2D eigenvalue weighted by Gasteiger charge is 2.41. The van der Waals surface area contributed by atoms with E-state index in [0.29, 0.717) is 12.4 Å². The highest BCUT2D eigenvalue weighted by Crippen LogP contribution is 2.39. The number of carbonyl (C=O) groups excluding carboxylic acids is 1. The van der Waals surface area contributed by atoms with E-state index in [1.807, 2.05) is 51.1 Å². The average Bonchev–Trinajstić information content (AvgIpc) is 3.10. The van der Waals surface area contributed by atoms with Gasteiger partial charge in [0, 0.05) is 7.11 Å². The van der Waals surface area contributed by atoms with E-state index >= 15 is 0 Å². The summed E-state index contributed by atoms with van der Waals surface area (Å²) in [6.45, 7) is 6.10. The molecule has 2 N–H and O–H groups in total. The summed E-state index contributed by atoms with van der Waals surface area (Å²) in [7, 11) is 1.40. The molecule has 0 aliphatic heterocycles. The lowest BCUT2D eigenvalue weighted by atomic mass is 9.76. The number of benzene rings is 2. The molecule has 2 aromatic carbocycles. The summed E-state index contributed by atoms with van der Waals surface area (Å²) in [6.07, 6.45) is -0.982. The van der Waals surface area contributed by atoms with Crippen LogP contribution in [0.1, 0.15) is 38.1 Å². The number of nitrogens with zero attached hydrogens (tertiary/aromatic N) is 3. The Morgan fingerprint density at radius 3 is 2.42 bits per heavy atom. The van der Waals surface area contributed by atoms with Crippen molar-refractivity contribution < 1.29 is 18.3 Å². The number of aromatic nitrogens is 3. The Morgan fingerprint density at radius 2 is 1.84 bits per heavy atom. The molecule has 164 valence electrons. The highest BCUT2D eigenvalue weighted by molar-refractivity contribution is 5.80. The summed E-state index contributed by atoms with van der Waals surface area (Å²) in [6, 6.07) is 12.6. The van der Waals surface area contributed by atoms with E-state index in [1.54, 1.807) is 4.68 Å². The van der Waals surface area contributed by atoms with Gasteiger partial charge in [0.2, 0.25) is 5.91 Å². The third-order valence-corrected chi connectivity index (χ3v) is 5.09. The van der Waals surface area contributed by atoms with Gasteiger partial charge in [0.1, 0.15) is 23.6 Å². The van der Waals surface area contributed by atoms with Gasteiger partial charge >= 0.3 is 0 Å². The second kappa shape index (κ2) is 8.93. The summed E-state index contributed by atoms with van der Waals surface area (Å²) in [5, 5.41) is 4.48. The number of hydrogen-bond acceptors (Lipinski definition) is 4. The number of amides is 1. The van der Waals surface area contributed by atoms with Gasteiger partial charge in [-0.1, -0.05) is 51.1 Å². The van der Waals surface area contributed by atoms with E-state index in [9.17, 15) is 13.6 Å². The lowest BCUT2D eigenvalue weighted by molar-refractivity contribution is -0.131. The van der Waals surface area contributed by atoms with Crippen molar-refractivity contribution in [1.82, 2.24) is 14.8 Å². The quantitative estimate of drug-likeness (QED) is 0.619. The van der Waals surface area contributed by atoms with Crippen molar-refractivity contribution in [1.29, 1.82) is 0 Å². The Hall–Kier alpha value is -3.13. The maximum atomic E-state index is 14.5. The van der Waals surface area contributed by atoms with Crippen molar-refractivity contribution in [3.05, 3.63) is 71.6 Å². The van der Waals surface area contributed by atoms with Gasteiger partial charge in [-0.15, -0.1) is 0 Å². The van der Waals surface area contributed by atoms with Crippen LogP contribution in [-0.4, -0.2) is 33.9 Å². The molecule has 1 aromatic heterocycles. The molecule has 31 heavy (non-hydrogen) atoms. The van der Waals surface area contributed by atoms with Crippen molar-refractivity contribution in [2.24, 2.45) is 11.1 Å². The summed E-state index contributed by atoms with van der Waals surface area (Å²) in [5.74, 6) is -2.05. The average molecular weight is 428 g/mol. The number of halogens is 2. The third-order valence-electron chi connectivity index (χ3n) is 5.09. The number of methoxy groups -OCH3 is 1. The SMILES string of the molecule is COC(C(N)=O)[C@@H](c1nc(-c2cc(F)ccc2F)nn1Cc1ccccc1)C(C)(C)C. The first-order valence-corrected chi connectivity index (χ1v) is 9.88. The summed E-state index contributed by atoms with van der Waals surface area (Å²) < 4.78 is 35.3. The van der Waals surface area contributed by atoms with Gasteiger partial charge in [0.25, 0.3) is 0 Å². The molecule has 0 aliphatic carbocycles. The van der Waals surface area contributed by atoms with Crippen molar-refractivity contribution in [3.8, 4) is 11.4 Å². The number of hydrogen-bond donors (Lipinski definition) is 1. The zero-order valence-corrected chi connectivity index (χ0v) is 18.0. The number of primary amides is 1. The molecule has 6 nitrogen and oxygen atoms in total. The largest absolute Gasteiger partial charge is 0.371 e. The first-order valence-electron chi connectivity index (χ1n) is 9.88. The molecule has 2 atom stereocenters. The minimum absolute atomic E-state index is 0.0245. The minimum atomic E-state index is -0.982. The van der Waals surface area contributed by atoms with E-state index in [4.69, 9.17) is 10.5 Å². The molecule has 3 aromatic rings. The van der Waals surface area contributed by atoms with Crippen LogP contribution in [0.25, 0.3) is 11.4 Å². The molecular weight excluding hydrogens is 402 g/mol. The second-order valence-electron chi connectivity index (χ2n) is 8.46. The maximum absolute atomic E-state index is 14.5. The predicted octanol–water partition coefficient (Wildman–Crippen LogP) is 3.90. The maximum Gasteiger partial charge on any atom is 0.247 e. The fourth-order valence-corrected chi connectivity index (χ4v) is 3.63. The fourth-order valence-electron chi connectivity index (χ4n) is 3.63. The van der Waals surface area contributed by atoms with Gasteiger partial charge in [-0.2, -0.15) is 5.10 Å². The van der Waals surface area contributed by atoms with Gasteiger partial charge in [-0.05, 0) is 29.2 Å². The van der Waals surface area contributed by atoms with Crippen LogP contribution in [0.5, 0.6) is 0 Å². The zero-order chi connectivity index (χ0) is 22.8. The fraction of sp³-hybridized carbons (Fsp3) is 0.348. The van der Waals surface area contributed by atoms with Crippen LogP contribution in [0, 0.1) is 17.0 Å². The summed E-state index contributed by atoms with van der Waals surface area (Å²) >= 11 is 0. The Bertz CT molecular complexity index is 1060. The molecule has 0 aliphatic rings. The Labute approximate surface area is 180 Å². The number of carbonyl (C=O) groups is 1. The van der Waals surface area contributed by atoms with Crippen LogP contribution >= 0.6 is 0 Å². The molecule has 1 unspecified atom stereocenters. The number of ether oxygens (including phenoxy) is 1. The standard InChI is InChI=1S/C23H26F2N4O2/c1-23(2,3)18(19(31-4)20(26)30)22-27-21(16-12-15(24)10-11-17(16)25)28-29(22)13-14-8-6-5-7-9-14/h5-12,18-19H,13H2,1-4H3,(H2,26,30)/t18-,19?/m0/s1. The smallest absolute Gasteiger partial charge is 0.247 e. The van der Waals surface area contributed by atoms with Crippen molar-refractivity contribution >= 4 is 5.91 Å². The summed E-state index contributed by atoms with van der Waals surface area (Å²) in [4.78, 5) is 16.7. The molecular formula is C23H26F2N4O2. The monoisotopic (exact) mass is 428 g/mol. The van der Waals surface area contributed by atoms with E-state index < -0.39 is 35.0 Å². The van der Waals surface area contributed by atoms with Gasteiger partial charge in [-0.3, -0.25) is 4.79 Å². The van der Waals surface area contributed by atoms with Crippen molar-refractivity contribution in [2.75, 3.05) is 7.11 Å². The number of nitrogens with two attached hydrogens (primary N) is 1. The normalized spacial score (nSPS) is 13.7. The molecule has 1 amide bonds. The first kappa shape index (κ1) is 22.6. The first-order chi connectivity index (χ1) is 14.6.